The number of hydrogen-bond donors (Lipinski definition) is 0. The summed E-state index contributed by atoms with van der Waals surface area (Å²) in [7, 11) is 1.65. The molecule has 3 aromatic rings. The number of methoxy groups -OCH3 is 1. The van der Waals surface area contributed by atoms with Crippen molar-refractivity contribution in [1.29, 1.82) is 0 Å². The van der Waals surface area contributed by atoms with Gasteiger partial charge in [-0.1, -0.05) is 18.2 Å². The highest BCUT2D eigenvalue weighted by molar-refractivity contribution is 5.82. The Hall–Kier alpha value is -3.61. The maximum Gasteiger partial charge on any atom is 0.165 e. The SMILES string of the molecule is CCOc1ccc(C2C(C)=CN=CN2c2cnn(Cc3ccc(OC)cc3)c2)cc1F. The minimum Gasteiger partial charge on any atom is -0.497 e. The summed E-state index contributed by atoms with van der Waals surface area (Å²) in [5, 5.41) is 4.51. The zero-order valence-electron chi connectivity index (χ0n) is 17.8. The van der Waals surface area contributed by atoms with Crippen LogP contribution in [0.15, 0.2) is 71.6 Å². The van der Waals surface area contributed by atoms with Crippen LogP contribution in [0.4, 0.5) is 10.1 Å². The lowest BCUT2D eigenvalue weighted by Gasteiger charge is -2.32. The Balaban J connectivity index is 1.58. The number of halogens is 1. The third-order valence-corrected chi connectivity index (χ3v) is 5.17. The maximum absolute atomic E-state index is 14.5. The molecule has 160 valence electrons. The Morgan fingerprint density at radius 3 is 2.65 bits per heavy atom. The van der Waals surface area contributed by atoms with Crippen molar-refractivity contribution in [3.05, 3.63) is 83.6 Å². The predicted molar refractivity (Wildman–Crippen MR) is 119 cm³/mol. The zero-order chi connectivity index (χ0) is 21.8. The molecule has 31 heavy (non-hydrogen) atoms. The molecular formula is C24H25FN4O2. The molecule has 2 heterocycles. The van der Waals surface area contributed by atoms with E-state index in [1.807, 2.05) is 60.0 Å². The first-order valence-electron chi connectivity index (χ1n) is 10.1. The van der Waals surface area contributed by atoms with Crippen LogP contribution in [0.25, 0.3) is 0 Å². The number of benzene rings is 2. The fourth-order valence-electron chi connectivity index (χ4n) is 3.67. The van der Waals surface area contributed by atoms with Gasteiger partial charge in [0.15, 0.2) is 11.6 Å². The molecule has 0 bridgehead atoms. The number of ether oxygens (including phenoxy) is 2. The summed E-state index contributed by atoms with van der Waals surface area (Å²) in [4.78, 5) is 6.34. The molecule has 0 fully saturated rings. The molecule has 2 aromatic carbocycles. The molecule has 1 aromatic heterocycles. The molecule has 0 N–H and O–H groups in total. The van der Waals surface area contributed by atoms with Crippen molar-refractivity contribution in [3.8, 4) is 11.5 Å². The van der Waals surface area contributed by atoms with Crippen molar-refractivity contribution in [3.63, 3.8) is 0 Å². The number of rotatable bonds is 7. The van der Waals surface area contributed by atoms with Crippen LogP contribution < -0.4 is 14.4 Å². The summed E-state index contributed by atoms with van der Waals surface area (Å²) in [5.74, 6) is 0.711. The van der Waals surface area contributed by atoms with Crippen LogP contribution in [0.2, 0.25) is 0 Å². The summed E-state index contributed by atoms with van der Waals surface area (Å²) < 4.78 is 27.0. The lowest BCUT2D eigenvalue weighted by molar-refractivity contribution is 0.321. The summed E-state index contributed by atoms with van der Waals surface area (Å²) in [6.45, 7) is 4.88. The van der Waals surface area contributed by atoms with Crippen LogP contribution in [0.5, 0.6) is 11.5 Å². The molecule has 0 saturated carbocycles. The predicted octanol–water partition coefficient (Wildman–Crippen LogP) is 4.97. The molecule has 0 amide bonds. The van der Waals surface area contributed by atoms with Crippen LogP contribution in [0.1, 0.15) is 31.0 Å². The minimum atomic E-state index is -0.371. The molecule has 0 saturated heterocycles. The first kappa shape index (κ1) is 20.7. The summed E-state index contributed by atoms with van der Waals surface area (Å²) in [6, 6.07) is 12.8. The molecule has 1 atom stereocenters. The van der Waals surface area contributed by atoms with Crippen LogP contribution in [0, 0.1) is 5.82 Å². The van der Waals surface area contributed by atoms with E-state index < -0.39 is 0 Å². The van der Waals surface area contributed by atoms with Crippen molar-refractivity contribution in [2.45, 2.75) is 26.4 Å². The summed E-state index contributed by atoms with van der Waals surface area (Å²) >= 11 is 0. The molecule has 6 nitrogen and oxygen atoms in total. The topological polar surface area (TPSA) is 51.9 Å². The third kappa shape index (κ3) is 4.45. The van der Waals surface area contributed by atoms with E-state index in [1.54, 1.807) is 31.9 Å². The lowest BCUT2D eigenvalue weighted by Crippen LogP contribution is -2.30. The number of nitrogens with zero attached hydrogens (tertiary/aromatic N) is 4. The van der Waals surface area contributed by atoms with E-state index >= 15 is 0 Å². The van der Waals surface area contributed by atoms with Crippen LogP contribution in [0.3, 0.4) is 0 Å². The highest BCUT2D eigenvalue weighted by atomic mass is 19.1. The first-order valence-corrected chi connectivity index (χ1v) is 10.1. The van der Waals surface area contributed by atoms with E-state index in [0.29, 0.717) is 13.2 Å². The smallest absolute Gasteiger partial charge is 0.165 e. The van der Waals surface area contributed by atoms with Crippen LogP contribution in [-0.2, 0) is 6.54 Å². The van der Waals surface area contributed by atoms with Crippen molar-refractivity contribution in [2.24, 2.45) is 4.99 Å². The average molecular weight is 420 g/mol. The standard InChI is InChI=1S/C24H25FN4O2/c1-4-31-23-10-7-19(11-22(23)25)24-17(2)12-26-16-29(24)20-13-27-28(15-20)14-18-5-8-21(30-3)9-6-18/h5-13,15-16,24H,4,14H2,1-3H3. The van der Waals surface area contributed by atoms with Crippen molar-refractivity contribution >= 4 is 12.0 Å². The van der Waals surface area contributed by atoms with E-state index in [-0.39, 0.29) is 17.6 Å². The lowest BCUT2D eigenvalue weighted by atomic mass is 9.97. The van der Waals surface area contributed by atoms with E-state index in [9.17, 15) is 4.39 Å². The second-order valence-corrected chi connectivity index (χ2v) is 7.31. The van der Waals surface area contributed by atoms with E-state index in [0.717, 1.165) is 28.1 Å². The fraction of sp³-hybridized carbons (Fsp3) is 0.250. The number of hydrogen-bond acceptors (Lipinski definition) is 5. The molecule has 1 aliphatic rings. The van der Waals surface area contributed by atoms with E-state index in [2.05, 4.69) is 10.1 Å². The molecular weight excluding hydrogens is 395 g/mol. The van der Waals surface area contributed by atoms with Gasteiger partial charge in [-0.3, -0.25) is 4.68 Å². The van der Waals surface area contributed by atoms with Crippen molar-refractivity contribution in [2.75, 3.05) is 18.6 Å². The van der Waals surface area contributed by atoms with Gasteiger partial charge in [0.2, 0.25) is 0 Å². The first-order chi connectivity index (χ1) is 15.1. The Labute approximate surface area is 181 Å². The Morgan fingerprint density at radius 1 is 1.13 bits per heavy atom. The van der Waals surface area contributed by atoms with E-state index in [4.69, 9.17) is 9.47 Å². The van der Waals surface area contributed by atoms with Crippen LogP contribution in [-0.4, -0.2) is 29.8 Å². The number of aliphatic imine (C=N–C) groups is 1. The van der Waals surface area contributed by atoms with E-state index in [1.165, 1.54) is 6.07 Å². The molecule has 4 rings (SSSR count). The fourth-order valence-corrected chi connectivity index (χ4v) is 3.67. The third-order valence-electron chi connectivity index (χ3n) is 5.17. The minimum absolute atomic E-state index is 0.179. The molecule has 0 spiro atoms. The van der Waals surface area contributed by atoms with Gasteiger partial charge in [-0.05, 0) is 54.8 Å². The summed E-state index contributed by atoms with van der Waals surface area (Å²) in [5.41, 5.74) is 3.82. The van der Waals surface area contributed by atoms with Gasteiger partial charge in [-0.25, -0.2) is 9.38 Å². The van der Waals surface area contributed by atoms with Gasteiger partial charge >= 0.3 is 0 Å². The van der Waals surface area contributed by atoms with Crippen molar-refractivity contribution < 1.29 is 13.9 Å². The second kappa shape index (κ2) is 9.04. The van der Waals surface area contributed by atoms with Crippen LogP contribution >= 0.6 is 0 Å². The highest BCUT2D eigenvalue weighted by Gasteiger charge is 2.26. The summed E-state index contributed by atoms with van der Waals surface area (Å²) in [6.07, 6.45) is 7.32. The second-order valence-electron chi connectivity index (χ2n) is 7.31. The highest BCUT2D eigenvalue weighted by Crippen LogP contribution is 2.35. The normalized spacial score (nSPS) is 15.7. The van der Waals surface area contributed by atoms with Crippen molar-refractivity contribution in [1.82, 2.24) is 9.78 Å². The Morgan fingerprint density at radius 2 is 1.94 bits per heavy atom. The van der Waals surface area contributed by atoms with Gasteiger partial charge in [0.25, 0.3) is 0 Å². The number of anilines is 1. The average Bonchev–Trinajstić information content (AvgIpc) is 3.24. The Kier molecular flexibility index (Phi) is 6.02. The maximum atomic E-state index is 14.5. The Bertz CT molecular complexity index is 1110. The molecule has 1 aliphatic heterocycles. The monoisotopic (exact) mass is 420 g/mol. The van der Waals surface area contributed by atoms with Gasteiger partial charge in [-0.15, -0.1) is 0 Å². The largest absolute Gasteiger partial charge is 0.497 e. The molecule has 0 aliphatic carbocycles. The molecule has 0 radical (unpaired) electrons. The van der Waals surface area contributed by atoms with Gasteiger partial charge in [-0.2, -0.15) is 5.10 Å². The van der Waals surface area contributed by atoms with Gasteiger partial charge < -0.3 is 14.4 Å². The number of aromatic nitrogens is 2. The molecule has 7 heteroatoms. The quantitative estimate of drug-likeness (QED) is 0.541. The van der Waals surface area contributed by atoms with Gasteiger partial charge in [0.05, 0.1) is 44.5 Å². The zero-order valence-corrected chi connectivity index (χ0v) is 17.8. The molecule has 1 unspecified atom stereocenters. The van der Waals surface area contributed by atoms with Gasteiger partial charge in [0, 0.05) is 12.4 Å². The van der Waals surface area contributed by atoms with Gasteiger partial charge in [0.1, 0.15) is 5.75 Å².